The van der Waals surface area contributed by atoms with Crippen molar-refractivity contribution in [1.29, 1.82) is 0 Å². The first-order chi connectivity index (χ1) is 12.9. The van der Waals surface area contributed by atoms with E-state index >= 15 is 0 Å². The largest absolute Gasteiger partial charge is 0.327 e. The number of hydrogen-bond donors (Lipinski definition) is 1. The Morgan fingerprint density at radius 1 is 1.22 bits per heavy atom. The molecule has 3 amide bonds. The molecule has 3 unspecified atom stereocenters. The van der Waals surface area contributed by atoms with E-state index < -0.39 is 18.5 Å². The Balaban J connectivity index is 1.73. The van der Waals surface area contributed by atoms with E-state index in [1.54, 1.807) is 12.1 Å². The summed E-state index contributed by atoms with van der Waals surface area (Å²) in [5, 5.41) is 9.65. The lowest BCUT2D eigenvalue weighted by atomic mass is 10.1. The average molecular weight is 370 g/mol. The highest BCUT2D eigenvalue weighted by Crippen LogP contribution is 2.30. The van der Waals surface area contributed by atoms with E-state index in [4.69, 9.17) is 0 Å². The van der Waals surface area contributed by atoms with E-state index in [1.807, 2.05) is 35.2 Å². The number of urea groups is 1. The van der Waals surface area contributed by atoms with Gasteiger partial charge in [0.2, 0.25) is 0 Å². The van der Waals surface area contributed by atoms with Crippen LogP contribution < -0.4 is 5.32 Å². The second-order valence-corrected chi connectivity index (χ2v) is 7.11. The minimum atomic E-state index is -0.536. The van der Waals surface area contributed by atoms with Gasteiger partial charge in [-0.05, 0) is 12.5 Å². The summed E-state index contributed by atoms with van der Waals surface area (Å²) in [5.41, 5.74) is 1.72. The van der Waals surface area contributed by atoms with E-state index in [2.05, 4.69) is 10.4 Å². The van der Waals surface area contributed by atoms with Crippen molar-refractivity contribution in [1.82, 2.24) is 25.0 Å². The molecule has 3 atom stereocenters. The van der Waals surface area contributed by atoms with Crippen molar-refractivity contribution in [3.05, 3.63) is 35.9 Å². The zero-order valence-electron chi connectivity index (χ0n) is 15.5. The van der Waals surface area contributed by atoms with Gasteiger partial charge >= 0.3 is 6.03 Å². The first-order valence-electron chi connectivity index (χ1n) is 8.83. The number of nitrogens with zero attached hydrogens (tertiary/aromatic N) is 5. The van der Waals surface area contributed by atoms with Crippen molar-refractivity contribution in [2.45, 2.75) is 25.4 Å². The monoisotopic (exact) mass is 370 g/mol. The number of nitrogens with one attached hydrogen (secondary N) is 1. The van der Waals surface area contributed by atoms with Gasteiger partial charge in [-0.3, -0.25) is 24.8 Å². The lowest BCUT2D eigenvalue weighted by Gasteiger charge is -2.41. The SMILES string of the molecule is CC(=O)CN1N=C(c2ccccc2)CN2C3C(=O)N(C)C(=O)N(C)C3NC12. The maximum atomic E-state index is 12.9. The Morgan fingerprint density at radius 2 is 1.93 bits per heavy atom. The third-order valence-electron chi connectivity index (χ3n) is 5.24. The van der Waals surface area contributed by atoms with Gasteiger partial charge in [0.25, 0.3) is 5.91 Å². The first kappa shape index (κ1) is 17.6. The van der Waals surface area contributed by atoms with Crippen LogP contribution in [0.3, 0.4) is 0 Å². The molecule has 0 radical (unpaired) electrons. The average Bonchev–Trinajstić information content (AvgIpc) is 3.05. The highest BCUT2D eigenvalue weighted by Gasteiger charge is 2.55. The molecule has 2 fully saturated rings. The standard InChI is InChI=1S/C18H22N6O3/c1-11(25)9-24-17-19-15-14(16(26)22(3)18(27)21(15)2)23(17)10-13(20-24)12-7-5-4-6-8-12/h4-8,14-15,17,19H,9-10H2,1-3H3. The predicted octanol–water partition coefficient (Wildman–Crippen LogP) is -0.297. The summed E-state index contributed by atoms with van der Waals surface area (Å²) < 4.78 is 0. The lowest BCUT2D eigenvalue weighted by molar-refractivity contribution is -0.137. The molecule has 1 aromatic carbocycles. The molecule has 1 N–H and O–H groups in total. The number of carbonyl (C=O) groups is 3. The molecule has 9 heteroatoms. The van der Waals surface area contributed by atoms with Crippen molar-refractivity contribution in [2.24, 2.45) is 5.10 Å². The van der Waals surface area contributed by atoms with Gasteiger partial charge in [0.1, 0.15) is 12.2 Å². The molecule has 27 heavy (non-hydrogen) atoms. The Labute approximate surface area is 157 Å². The number of hydrogen-bond acceptors (Lipinski definition) is 7. The molecule has 2 saturated heterocycles. The number of rotatable bonds is 3. The van der Waals surface area contributed by atoms with Gasteiger partial charge in [-0.1, -0.05) is 30.3 Å². The second-order valence-electron chi connectivity index (χ2n) is 7.11. The van der Waals surface area contributed by atoms with Crippen LogP contribution in [-0.2, 0) is 9.59 Å². The Morgan fingerprint density at radius 3 is 2.59 bits per heavy atom. The van der Waals surface area contributed by atoms with Gasteiger partial charge in [-0.2, -0.15) is 5.10 Å². The Kier molecular flexibility index (Phi) is 4.20. The van der Waals surface area contributed by atoms with Gasteiger partial charge in [-0.15, -0.1) is 0 Å². The number of amides is 3. The molecule has 0 aromatic heterocycles. The minimum Gasteiger partial charge on any atom is -0.310 e. The summed E-state index contributed by atoms with van der Waals surface area (Å²) in [6, 6.07) is 8.80. The van der Waals surface area contributed by atoms with Crippen molar-refractivity contribution in [3.63, 3.8) is 0 Å². The molecule has 3 aliphatic heterocycles. The van der Waals surface area contributed by atoms with Crippen LogP contribution in [0.4, 0.5) is 4.79 Å². The van der Waals surface area contributed by atoms with Gasteiger partial charge in [0.15, 0.2) is 12.1 Å². The van der Waals surface area contributed by atoms with E-state index in [0.717, 1.165) is 16.2 Å². The molecule has 3 heterocycles. The molecule has 0 saturated carbocycles. The number of likely N-dealkylation sites (N-methyl/N-ethyl adjacent to an activating group) is 2. The molecular formula is C18H22N6O3. The fraction of sp³-hybridized carbons (Fsp3) is 0.444. The fourth-order valence-corrected chi connectivity index (χ4v) is 3.91. The molecule has 0 bridgehead atoms. The summed E-state index contributed by atoms with van der Waals surface area (Å²) in [7, 11) is 3.16. The van der Waals surface area contributed by atoms with E-state index in [1.165, 1.54) is 18.9 Å². The predicted molar refractivity (Wildman–Crippen MR) is 97.5 cm³/mol. The fourth-order valence-electron chi connectivity index (χ4n) is 3.91. The number of carbonyl (C=O) groups excluding carboxylic acids is 3. The van der Waals surface area contributed by atoms with Crippen molar-refractivity contribution in [2.75, 3.05) is 27.2 Å². The van der Waals surface area contributed by atoms with Crippen molar-refractivity contribution >= 4 is 23.4 Å². The number of ketones is 1. The van der Waals surface area contributed by atoms with Crippen LogP contribution in [0.15, 0.2) is 35.4 Å². The van der Waals surface area contributed by atoms with Crippen LogP contribution in [0.5, 0.6) is 0 Å². The van der Waals surface area contributed by atoms with E-state index in [9.17, 15) is 14.4 Å². The van der Waals surface area contributed by atoms with Gasteiger partial charge in [0.05, 0.1) is 12.3 Å². The molecule has 142 valence electrons. The minimum absolute atomic E-state index is 0.0300. The van der Waals surface area contributed by atoms with Crippen LogP contribution >= 0.6 is 0 Å². The third kappa shape index (κ3) is 2.79. The smallest absolute Gasteiger partial charge is 0.310 e. The molecule has 3 aliphatic rings. The van der Waals surface area contributed by atoms with Gasteiger partial charge < -0.3 is 4.90 Å². The summed E-state index contributed by atoms with van der Waals surface area (Å²) in [6.07, 6.45) is -0.895. The van der Waals surface area contributed by atoms with Crippen LogP contribution in [0.25, 0.3) is 0 Å². The number of imide groups is 1. The molecule has 1 aromatic rings. The number of fused-ring (bicyclic) bond motifs is 3. The molecule has 0 aliphatic carbocycles. The molecule has 4 rings (SSSR count). The normalized spacial score (nSPS) is 28.2. The van der Waals surface area contributed by atoms with Crippen LogP contribution in [0, 0.1) is 0 Å². The zero-order valence-corrected chi connectivity index (χ0v) is 15.5. The summed E-state index contributed by atoms with van der Waals surface area (Å²) in [6.45, 7) is 2.07. The number of Topliss-reactive ketones (excluding diaryl/α,β-unsaturated/α-hetero) is 1. The summed E-state index contributed by atoms with van der Waals surface area (Å²) >= 11 is 0. The maximum Gasteiger partial charge on any atom is 0.327 e. The van der Waals surface area contributed by atoms with E-state index in [0.29, 0.717) is 6.54 Å². The number of benzene rings is 1. The molecule has 9 nitrogen and oxygen atoms in total. The summed E-state index contributed by atoms with van der Waals surface area (Å²) in [5.74, 6) is -0.284. The van der Waals surface area contributed by atoms with Gasteiger partial charge in [0, 0.05) is 20.6 Å². The van der Waals surface area contributed by atoms with Crippen molar-refractivity contribution < 1.29 is 14.4 Å². The lowest BCUT2D eigenvalue weighted by Crippen LogP contribution is -2.65. The van der Waals surface area contributed by atoms with Crippen molar-refractivity contribution in [3.8, 4) is 0 Å². The Hall–Kier alpha value is -2.78. The number of hydrazone groups is 1. The zero-order chi connectivity index (χ0) is 19.3. The Bertz CT molecular complexity index is 826. The maximum absolute atomic E-state index is 12.9. The highest BCUT2D eigenvalue weighted by atomic mass is 16.2. The van der Waals surface area contributed by atoms with Gasteiger partial charge in [-0.25, -0.2) is 9.69 Å². The quantitative estimate of drug-likeness (QED) is 0.786. The van der Waals surface area contributed by atoms with Crippen LogP contribution in [0.1, 0.15) is 12.5 Å². The third-order valence-corrected chi connectivity index (χ3v) is 5.24. The van der Waals surface area contributed by atoms with E-state index in [-0.39, 0.29) is 24.3 Å². The van der Waals surface area contributed by atoms with Crippen LogP contribution in [-0.4, -0.2) is 88.8 Å². The van der Waals surface area contributed by atoms with Crippen LogP contribution in [0.2, 0.25) is 0 Å². The molecule has 0 spiro atoms. The molecular weight excluding hydrogens is 348 g/mol. The highest BCUT2D eigenvalue weighted by molar-refractivity contribution is 6.04. The first-order valence-corrected chi connectivity index (χ1v) is 8.83. The second kappa shape index (κ2) is 6.43. The topological polar surface area (TPSA) is 88.6 Å². The summed E-state index contributed by atoms with van der Waals surface area (Å²) in [4.78, 5) is 41.6.